The van der Waals surface area contributed by atoms with Gasteiger partial charge < -0.3 is 14.3 Å². The lowest BCUT2D eigenvalue weighted by Gasteiger charge is -2.32. The molecule has 33 heavy (non-hydrogen) atoms. The molecule has 1 aromatic carbocycles. The number of nitrogens with zero attached hydrogens (tertiary/aromatic N) is 5. The molecule has 4 rings (SSSR count). The Morgan fingerprint density at radius 2 is 1.94 bits per heavy atom. The molecule has 8 nitrogen and oxygen atoms in total. The van der Waals surface area contributed by atoms with E-state index in [0.717, 1.165) is 28.2 Å². The first-order chi connectivity index (χ1) is 15.7. The zero-order valence-electron chi connectivity index (χ0n) is 20.0. The summed E-state index contributed by atoms with van der Waals surface area (Å²) >= 11 is 0. The van der Waals surface area contributed by atoms with E-state index in [4.69, 9.17) is 4.52 Å². The molecule has 1 unspecified atom stereocenters. The van der Waals surface area contributed by atoms with E-state index in [2.05, 4.69) is 10.3 Å². The first-order valence-corrected chi connectivity index (χ1v) is 11.2. The predicted octanol–water partition coefficient (Wildman–Crippen LogP) is 3.13. The molecule has 0 bridgehead atoms. The number of benzene rings is 1. The maximum atomic E-state index is 13.8. The van der Waals surface area contributed by atoms with Crippen molar-refractivity contribution in [3.63, 3.8) is 0 Å². The second kappa shape index (κ2) is 8.84. The van der Waals surface area contributed by atoms with Gasteiger partial charge in [-0.3, -0.25) is 14.3 Å². The lowest BCUT2D eigenvalue weighted by atomic mass is 9.80. The van der Waals surface area contributed by atoms with E-state index < -0.39 is 5.41 Å². The molecular weight excluding hydrogens is 418 g/mol. The summed E-state index contributed by atoms with van der Waals surface area (Å²) in [5, 5.41) is 8.70. The van der Waals surface area contributed by atoms with Crippen LogP contribution >= 0.6 is 0 Å². The molecule has 0 radical (unpaired) electrons. The number of hydrogen-bond acceptors (Lipinski definition) is 5. The van der Waals surface area contributed by atoms with Gasteiger partial charge in [0.15, 0.2) is 0 Å². The SMILES string of the molecule is CC(=O)N1CCC(Cc2cc(-c3ccccc3)no2)(C(=O)N(C)Cc2c(C)nn(C)c2C)C1. The number of hydrogen-bond donors (Lipinski definition) is 0. The Morgan fingerprint density at radius 3 is 2.55 bits per heavy atom. The third-order valence-electron chi connectivity index (χ3n) is 6.79. The van der Waals surface area contributed by atoms with Gasteiger partial charge in [-0.25, -0.2) is 0 Å². The van der Waals surface area contributed by atoms with Gasteiger partial charge in [0, 0.05) is 70.0 Å². The molecule has 3 heterocycles. The Hall–Kier alpha value is -3.42. The Kier molecular flexibility index (Phi) is 6.10. The van der Waals surface area contributed by atoms with Crippen LogP contribution in [0.4, 0.5) is 0 Å². The van der Waals surface area contributed by atoms with Gasteiger partial charge in [0.1, 0.15) is 11.5 Å². The van der Waals surface area contributed by atoms with E-state index in [1.54, 1.807) is 16.7 Å². The number of carbonyl (C=O) groups excluding carboxylic acids is 2. The highest BCUT2D eigenvalue weighted by atomic mass is 16.5. The van der Waals surface area contributed by atoms with Crippen LogP contribution in [0.15, 0.2) is 40.9 Å². The number of aromatic nitrogens is 3. The molecule has 2 aromatic heterocycles. The van der Waals surface area contributed by atoms with Crippen molar-refractivity contribution in [2.45, 2.75) is 40.2 Å². The number of rotatable bonds is 6. The van der Waals surface area contributed by atoms with Gasteiger partial charge in [-0.15, -0.1) is 0 Å². The van der Waals surface area contributed by atoms with Crippen LogP contribution in [-0.4, -0.2) is 56.7 Å². The van der Waals surface area contributed by atoms with E-state index in [-0.39, 0.29) is 11.8 Å². The van der Waals surface area contributed by atoms with E-state index in [9.17, 15) is 9.59 Å². The molecule has 0 saturated carbocycles. The third kappa shape index (κ3) is 4.42. The maximum Gasteiger partial charge on any atom is 0.231 e. The smallest absolute Gasteiger partial charge is 0.231 e. The Balaban J connectivity index is 1.60. The van der Waals surface area contributed by atoms with Gasteiger partial charge >= 0.3 is 0 Å². The first kappa shape index (κ1) is 22.8. The third-order valence-corrected chi connectivity index (χ3v) is 6.79. The molecule has 1 aliphatic heterocycles. The van der Waals surface area contributed by atoms with Crippen LogP contribution in [-0.2, 0) is 29.6 Å². The summed E-state index contributed by atoms with van der Waals surface area (Å²) in [7, 11) is 3.73. The van der Waals surface area contributed by atoms with Gasteiger partial charge in [-0.2, -0.15) is 5.10 Å². The lowest BCUT2D eigenvalue weighted by Crippen LogP contribution is -2.45. The van der Waals surface area contributed by atoms with Crippen molar-refractivity contribution in [2.24, 2.45) is 12.5 Å². The van der Waals surface area contributed by atoms with Crippen LogP contribution in [0, 0.1) is 19.3 Å². The van der Waals surface area contributed by atoms with Gasteiger partial charge in [0.05, 0.1) is 11.1 Å². The average Bonchev–Trinajstić information content (AvgIpc) is 3.50. The minimum atomic E-state index is -0.752. The summed E-state index contributed by atoms with van der Waals surface area (Å²) in [6.45, 7) is 6.92. The zero-order chi connectivity index (χ0) is 23.8. The molecule has 0 N–H and O–H groups in total. The van der Waals surface area contributed by atoms with E-state index >= 15 is 0 Å². The fraction of sp³-hybridized carbons (Fsp3) is 0.440. The van der Waals surface area contributed by atoms with Gasteiger partial charge in [-0.1, -0.05) is 35.5 Å². The quantitative estimate of drug-likeness (QED) is 0.577. The lowest BCUT2D eigenvalue weighted by molar-refractivity contribution is -0.141. The minimum Gasteiger partial charge on any atom is -0.361 e. The van der Waals surface area contributed by atoms with Crippen LogP contribution in [0.5, 0.6) is 0 Å². The Labute approximate surface area is 194 Å². The van der Waals surface area contributed by atoms with Crippen LogP contribution in [0.2, 0.25) is 0 Å². The number of carbonyl (C=O) groups is 2. The first-order valence-electron chi connectivity index (χ1n) is 11.2. The van der Waals surface area contributed by atoms with Crippen LogP contribution in [0.1, 0.15) is 36.1 Å². The summed E-state index contributed by atoms with van der Waals surface area (Å²) in [5.41, 5.74) is 3.96. The normalized spacial score (nSPS) is 18.0. The molecule has 1 aliphatic rings. The van der Waals surface area contributed by atoms with Crippen LogP contribution < -0.4 is 0 Å². The van der Waals surface area contributed by atoms with Crippen molar-refractivity contribution < 1.29 is 14.1 Å². The fourth-order valence-electron chi connectivity index (χ4n) is 4.77. The molecule has 0 aliphatic carbocycles. The summed E-state index contributed by atoms with van der Waals surface area (Å²) in [5.74, 6) is 0.634. The monoisotopic (exact) mass is 449 g/mol. The maximum absolute atomic E-state index is 13.8. The standard InChI is InChI=1S/C25H31N5O3/c1-17-22(18(2)29(5)26-17)15-28(4)24(32)25(11-12-30(16-25)19(3)31)14-21-13-23(27-33-21)20-9-7-6-8-10-20/h6-10,13H,11-12,14-16H2,1-5H3. The van der Waals surface area contributed by atoms with E-state index in [0.29, 0.717) is 38.2 Å². The van der Waals surface area contributed by atoms with E-state index in [1.165, 1.54) is 0 Å². The largest absolute Gasteiger partial charge is 0.361 e. The second-order valence-corrected chi connectivity index (χ2v) is 9.13. The predicted molar refractivity (Wildman–Crippen MR) is 124 cm³/mol. The molecule has 3 aromatic rings. The minimum absolute atomic E-state index is 0.00608. The van der Waals surface area contributed by atoms with Crippen molar-refractivity contribution in [1.82, 2.24) is 24.7 Å². The Morgan fingerprint density at radius 1 is 1.21 bits per heavy atom. The molecule has 8 heteroatoms. The molecule has 1 fully saturated rings. The van der Waals surface area contributed by atoms with E-state index in [1.807, 2.05) is 69.0 Å². The highest BCUT2D eigenvalue weighted by Gasteiger charge is 2.47. The molecule has 0 spiro atoms. The number of amides is 2. The molecule has 1 saturated heterocycles. The van der Waals surface area contributed by atoms with Gasteiger partial charge in [0.2, 0.25) is 11.8 Å². The number of likely N-dealkylation sites (tertiary alicyclic amines) is 1. The zero-order valence-corrected chi connectivity index (χ0v) is 20.0. The average molecular weight is 450 g/mol. The summed E-state index contributed by atoms with van der Waals surface area (Å²) in [6.07, 6.45) is 0.979. The highest BCUT2D eigenvalue weighted by Crippen LogP contribution is 2.37. The molecule has 2 amide bonds. The second-order valence-electron chi connectivity index (χ2n) is 9.13. The summed E-state index contributed by atoms with van der Waals surface area (Å²) in [6, 6.07) is 11.7. The summed E-state index contributed by atoms with van der Waals surface area (Å²) in [4.78, 5) is 29.5. The van der Waals surface area contributed by atoms with Crippen molar-refractivity contribution in [2.75, 3.05) is 20.1 Å². The van der Waals surface area contributed by atoms with Crippen LogP contribution in [0.25, 0.3) is 11.3 Å². The summed E-state index contributed by atoms with van der Waals surface area (Å²) < 4.78 is 7.49. The van der Waals surface area contributed by atoms with Gasteiger partial charge in [-0.05, 0) is 20.3 Å². The topological polar surface area (TPSA) is 84.5 Å². The molecular formula is C25H31N5O3. The number of aryl methyl sites for hydroxylation is 2. The Bertz CT molecular complexity index is 1170. The van der Waals surface area contributed by atoms with Crippen molar-refractivity contribution >= 4 is 11.8 Å². The molecule has 174 valence electrons. The van der Waals surface area contributed by atoms with Crippen molar-refractivity contribution in [3.05, 3.63) is 59.1 Å². The molecule has 1 atom stereocenters. The van der Waals surface area contributed by atoms with Gasteiger partial charge in [0.25, 0.3) is 0 Å². The van der Waals surface area contributed by atoms with Crippen molar-refractivity contribution in [3.8, 4) is 11.3 Å². The fourth-order valence-corrected chi connectivity index (χ4v) is 4.77. The van der Waals surface area contributed by atoms with Crippen LogP contribution in [0.3, 0.4) is 0 Å². The highest BCUT2D eigenvalue weighted by molar-refractivity contribution is 5.85. The van der Waals surface area contributed by atoms with Crippen molar-refractivity contribution in [1.29, 1.82) is 0 Å².